The second-order valence-corrected chi connectivity index (χ2v) is 11.8. The summed E-state index contributed by atoms with van der Waals surface area (Å²) in [6.07, 6.45) is 1.19. The average Bonchev–Trinajstić information content (AvgIpc) is 2.43. The Balaban J connectivity index is 2.47. The number of benzene rings is 1. The van der Waals surface area contributed by atoms with Crippen molar-refractivity contribution in [2.45, 2.75) is 51.7 Å². The molecule has 23 heavy (non-hydrogen) atoms. The van der Waals surface area contributed by atoms with Crippen molar-refractivity contribution in [1.82, 2.24) is 0 Å². The molecule has 1 rings (SSSR count). The summed E-state index contributed by atoms with van der Waals surface area (Å²) in [7, 11) is -1.76. The van der Waals surface area contributed by atoms with Crippen LogP contribution in [0.25, 0.3) is 0 Å². The highest BCUT2D eigenvalue weighted by Crippen LogP contribution is 2.36. The van der Waals surface area contributed by atoms with Crippen LogP contribution in [0.1, 0.15) is 44.0 Å². The van der Waals surface area contributed by atoms with E-state index in [-0.39, 0.29) is 10.6 Å². The summed E-state index contributed by atoms with van der Waals surface area (Å²) in [5.74, 6) is 2.94. The molecule has 1 aromatic rings. The highest BCUT2D eigenvalue weighted by atomic mass is 28.4. The number of ketones is 1. The van der Waals surface area contributed by atoms with Gasteiger partial charge in [0.1, 0.15) is 11.6 Å². The van der Waals surface area contributed by atoms with Crippen molar-refractivity contribution in [3.8, 4) is 11.8 Å². The van der Waals surface area contributed by atoms with Crippen molar-refractivity contribution in [2.24, 2.45) is 0 Å². The molecule has 0 aliphatic heterocycles. The zero-order valence-corrected chi connectivity index (χ0v) is 15.4. The van der Waals surface area contributed by atoms with E-state index in [0.29, 0.717) is 19.4 Å². The van der Waals surface area contributed by atoms with Gasteiger partial charge in [-0.3, -0.25) is 4.79 Å². The molecule has 126 valence electrons. The van der Waals surface area contributed by atoms with Gasteiger partial charge in [-0.1, -0.05) is 26.7 Å². The number of hydrogen-bond acceptors (Lipinski definition) is 2. The first kappa shape index (κ1) is 19.5. The zero-order chi connectivity index (χ0) is 17.7. The van der Waals surface area contributed by atoms with Crippen molar-refractivity contribution in [3.63, 3.8) is 0 Å². The van der Waals surface area contributed by atoms with Crippen LogP contribution >= 0.6 is 0 Å². The molecule has 2 nitrogen and oxygen atoms in total. The van der Waals surface area contributed by atoms with Crippen LogP contribution in [0, 0.1) is 23.5 Å². The van der Waals surface area contributed by atoms with Crippen LogP contribution in [0.4, 0.5) is 8.78 Å². The van der Waals surface area contributed by atoms with E-state index >= 15 is 0 Å². The summed E-state index contributed by atoms with van der Waals surface area (Å²) in [4.78, 5) is 11.7. The molecule has 0 unspecified atom stereocenters. The number of Topliss-reactive ketones (excluding diaryl/α,β-unsaturated/α-hetero) is 1. The molecule has 0 heterocycles. The molecule has 5 heteroatoms. The SMILES string of the molecule is CC(C)(C)[Si](C)(C)OCCCC#CC(=O)c1cc(F)ccc1F. The van der Waals surface area contributed by atoms with Crippen LogP contribution in [0.2, 0.25) is 18.1 Å². The Bertz CT molecular complexity index is 622. The number of halogens is 2. The molecule has 0 saturated heterocycles. The molecule has 0 radical (unpaired) electrons. The van der Waals surface area contributed by atoms with Crippen LogP contribution < -0.4 is 0 Å². The summed E-state index contributed by atoms with van der Waals surface area (Å²) in [6, 6.07) is 2.77. The number of carbonyl (C=O) groups is 1. The van der Waals surface area contributed by atoms with Gasteiger partial charge in [-0.15, -0.1) is 0 Å². The van der Waals surface area contributed by atoms with E-state index in [1.54, 1.807) is 0 Å². The summed E-state index contributed by atoms with van der Waals surface area (Å²) >= 11 is 0. The van der Waals surface area contributed by atoms with E-state index in [1.807, 2.05) is 0 Å². The predicted octanol–water partition coefficient (Wildman–Crippen LogP) is 4.95. The molecule has 0 fully saturated rings. The van der Waals surface area contributed by atoms with Gasteiger partial charge in [-0.25, -0.2) is 8.78 Å². The van der Waals surface area contributed by atoms with Crippen molar-refractivity contribution in [1.29, 1.82) is 0 Å². The van der Waals surface area contributed by atoms with Crippen LogP contribution in [0.5, 0.6) is 0 Å². The maximum atomic E-state index is 13.4. The first-order valence-corrected chi connectivity index (χ1v) is 10.6. The molecule has 0 aromatic heterocycles. The molecule has 0 amide bonds. The molecular formula is C18H24F2O2Si. The lowest BCUT2D eigenvalue weighted by atomic mass is 10.1. The third-order valence-electron chi connectivity index (χ3n) is 4.09. The number of hydrogen-bond donors (Lipinski definition) is 0. The van der Waals surface area contributed by atoms with Gasteiger partial charge in [0.25, 0.3) is 0 Å². The molecule has 0 N–H and O–H groups in total. The normalized spacial score (nSPS) is 11.8. The van der Waals surface area contributed by atoms with E-state index in [9.17, 15) is 13.6 Å². The summed E-state index contributed by atoms with van der Waals surface area (Å²) in [5, 5.41) is 0.156. The summed E-state index contributed by atoms with van der Waals surface area (Å²) in [5.41, 5.74) is -0.324. The summed E-state index contributed by atoms with van der Waals surface area (Å²) < 4.78 is 32.4. The lowest BCUT2D eigenvalue weighted by Gasteiger charge is -2.36. The predicted molar refractivity (Wildman–Crippen MR) is 90.8 cm³/mol. The van der Waals surface area contributed by atoms with E-state index in [4.69, 9.17) is 4.43 Å². The monoisotopic (exact) mass is 338 g/mol. The van der Waals surface area contributed by atoms with E-state index in [0.717, 1.165) is 18.2 Å². The Morgan fingerprint density at radius 2 is 1.91 bits per heavy atom. The average molecular weight is 338 g/mol. The molecule has 0 saturated carbocycles. The van der Waals surface area contributed by atoms with E-state index in [1.165, 1.54) is 0 Å². The molecule has 0 bridgehead atoms. The smallest absolute Gasteiger partial charge is 0.238 e. The van der Waals surface area contributed by atoms with Crippen molar-refractivity contribution >= 4 is 14.1 Å². The van der Waals surface area contributed by atoms with Gasteiger partial charge < -0.3 is 4.43 Å². The number of carbonyl (C=O) groups excluding carboxylic acids is 1. The molecule has 0 spiro atoms. The Hall–Kier alpha value is -1.51. The fourth-order valence-electron chi connectivity index (χ4n) is 1.59. The summed E-state index contributed by atoms with van der Waals surface area (Å²) in [6.45, 7) is 11.5. The Labute approximate surface area is 138 Å². The van der Waals surface area contributed by atoms with Gasteiger partial charge in [0.15, 0.2) is 8.32 Å². The lowest BCUT2D eigenvalue weighted by Crippen LogP contribution is -2.40. The molecule has 0 aliphatic rings. The molecular weight excluding hydrogens is 314 g/mol. The van der Waals surface area contributed by atoms with Crippen LogP contribution in [-0.4, -0.2) is 20.7 Å². The Morgan fingerprint density at radius 3 is 2.52 bits per heavy atom. The Kier molecular flexibility index (Phi) is 6.66. The highest BCUT2D eigenvalue weighted by Gasteiger charge is 2.36. The van der Waals surface area contributed by atoms with Crippen LogP contribution in [0.3, 0.4) is 0 Å². The fourth-order valence-corrected chi connectivity index (χ4v) is 2.67. The highest BCUT2D eigenvalue weighted by molar-refractivity contribution is 6.74. The molecule has 0 aliphatic carbocycles. The van der Waals surface area contributed by atoms with Gasteiger partial charge in [-0.2, -0.15) is 0 Å². The third-order valence-corrected chi connectivity index (χ3v) is 8.63. The topological polar surface area (TPSA) is 26.3 Å². The second-order valence-electron chi connectivity index (χ2n) is 6.97. The van der Waals surface area contributed by atoms with Crippen LogP contribution in [0.15, 0.2) is 18.2 Å². The molecule has 1 aromatic carbocycles. The van der Waals surface area contributed by atoms with Crippen molar-refractivity contribution in [3.05, 3.63) is 35.4 Å². The maximum Gasteiger partial charge on any atom is 0.238 e. The Morgan fingerprint density at radius 1 is 1.26 bits per heavy atom. The largest absolute Gasteiger partial charge is 0.417 e. The number of rotatable bonds is 5. The van der Waals surface area contributed by atoms with Crippen molar-refractivity contribution in [2.75, 3.05) is 6.61 Å². The van der Waals surface area contributed by atoms with Gasteiger partial charge in [0.05, 0.1) is 5.56 Å². The second kappa shape index (κ2) is 7.85. The van der Waals surface area contributed by atoms with Gasteiger partial charge in [-0.05, 0) is 48.7 Å². The minimum atomic E-state index is -1.76. The van der Waals surface area contributed by atoms with Gasteiger partial charge >= 0.3 is 0 Å². The van der Waals surface area contributed by atoms with Crippen molar-refractivity contribution < 1.29 is 18.0 Å². The fraction of sp³-hybridized carbons (Fsp3) is 0.500. The first-order chi connectivity index (χ1) is 10.5. The first-order valence-electron chi connectivity index (χ1n) is 7.67. The minimum absolute atomic E-state index is 0.156. The molecule has 0 atom stereocenters. The van der Waals surface area contributed by atoms with Crippen LogP contribution in [-0.2, 0) is 4.43 Å². The number of unbranched alkanes of at least 4 members (excludes halogenated alkanes) is 1. The van der Waals surface area contributed by atoms with E-state index < -0.39 is 25.7 Å². The van der Waals surface area contributed by atoms with Gasteiger partial charge in [0.2, 0.25) is 5.78 Å². The minimum Gasteiger partial charge on any atom is -0.417 e. The quantitative estimate of drug-likeness (QED) is 0.249. The standard InChI is InChI=1S/C18H24F2O2Si/c1-18(2,3)23(4,5)22-12-8-6-7-9-17(21)15-13-14(19)10-11-16(15)20/h10-11,13H,6,8,12H2,1-5H3. The lowest BCUT2D eigenvalue weighted by molar-refractivity contribution is 0.105. The van der Waals surface area contributed by atoms with Gasteiger partial charge in [0, 0.05) is 13.0 Å². The zero-order valence-electron chi connectivity index (χ0n) is 14.4. The maximum absolute atomic E-state index is 13.4. The third kappa shape index (κ3) is 5.89. The van der Waals surface area contributed by atoms with E-state index in [2.05, 4.69) is 45.7 Å².